The summed E-state index contributed by atoms with van der Waals surface area (Å²) in [5, 5.41) is 12.1. The Morgan fingerprint density at radius 2 is 1.92 bits per heavy atom. The molecule has 0 aliphatic carbocycles. The van der Waals surface area contributed by atoms with E-state index < -0.39 is 11.2 Å². The number of nitrogens with one attached hydrogen (secondary N) is 1. The highest BCUT2D eigenvalue weighted by Gasteiger charge is 2.20. The Morgan fingerprint density at radius 3 is 2.50 bits per heavy atom. The summed E-state index contributed by atoms with van der Waals surface area (Å²) in [6.45, 7) is 4.34. The van der Waals surface area contributed by atoms with Crippen LogP contribution in [0.25, 0.3) is 0 Å². The Hall–Kier alpha value is -1.77. The van der Waals surface area contributed by atoms with Gasteiger partial charge in [-0.1, -0.05) is 35.0 Å². The molecule has 0 saturated heterocycles. The van der Waals surface area contributed by atoms with Crippen LogP contribution in [0.1, 0.15) is 26.1 Å². The molecule has 1 aromatic heterocycles. The van der Waals surface area contributed by atoms with Gasteiger partial charge in [-0.3, -0.25) is 9.59 Å². The summed E-state index contributed by atoms with van der Waals surface area (Å²) in [7, 11) is 0. The lowest BCUT2D eigenvalue weighted by Crippen LogP contribution is -2.23. The Balaban J connectivity index is 2.05. The van der Waals surface area contributed by atoms with Crippen molar-refractivity contribution in [1.29, 1.82) is 0 Å². The fourth-order valence-corrected chi connectivity index (χ4v) is 3.68. The maximum atomic E-state index is 12.4. The lowest BCUT2D eigenvalue weighted by molar-refractivity contribution is -0.118. The van der Waals surface area contributed by atoms with Gasteiger partial charge in [0, 0.05) is 35.1 Å². The van der Waals surface area contributed by atoms with Gasteiger partial charge in [-0.25, -0.2) is 0 Å². The molecule has 2 aromatic rings. The Labute approximate surface area is 165 Å². The van der Waals surface area contributed by atoms with Gasteiger partial charge in [0.1, 0.15) is 5.82 Å². The number of aryl methyl sites for hydroxylation is 1. The highest BCUT2D eigenvalue weighted by atomic mass is 35.5. The van der Waals surface area contributed by atoms with Crippen LogP contribution in [0.3, 0.4) is 0 Å². The molecule has 3 N–H and O–H groups in total. The number of thioether (sulfide) groups is 1. The number of halogens is 2. The molecule has 0 unspecified atom stereocenters. The van der Waals surface area contributed by atoms with E-state index in [1.807, 2.05) is 11.5 Å². The van der Waals surface area contributed by atoms with Crippen LogP contribution in [-0.2, 0) is 22.6 Å². The van der Waals surface area contributed by atoms with Crippen molar-refractivity contribution in [2.75, 3.05) is 5.32 Å². The number of amides is 2. The van der Waals surface area contributed by atoms with Gasteiger partial charge in [-0.05, 0) is 32.0 Å². The number of hydrogen-bond acceptors (Lipinski definition) is 5. The first-order chi connectivity index (χ1) is 12.3. The third-order valence-corrected chi connectivity index (χ3v) is 5.00. The van der Waals surface area contributed by atoms with Gasteiger partial charge in [-0.15, -0.1) is 10.2 Å². The van der Waals surface area contributed by atoms with Crippen molar-refractivity contribution in [3.8, 4) is 0 Å². The van der Waals surface area contributed by atoms with Crippen molar-refractivity contribution in [1.82, 2.24) is 14.8 Å². The van der Waals surface area contributed by atoms with E-state index >= 15 is 0 Å². The number of benzene rings is 1. The molecule has 0 bridgehead atoms. The zero-order valence-electron chi connectivity index (χ0n) is 14.3. The summed E-state index contributed by atoms with van der Waals surface area (Å²) in [6, 6.07) is 4.84. The van der Waals surface area contributed by atoms with Crippen molar-refractivity contribution < 1.29 is 9.59 Å². The van der Waals surface area contributed by atoms with Gasteiger partial charge in [0.2, 0.25) is 11.8 Å². The van der Waals surface area contributed by atoms with Crippen molar-refractivity contribution in [3.63, 3.8) is 0 Å². The lowest BCUT2D eigenvalue weighted by Gasteiger charge is -2.13. The van der Waals surface area contributed by atoms with Crippen LogP contribution >= 0.6 is 35.0 Å². The third kappa shape index (κ3) is 5.62. The largest absolute Gasteiger partial charge is 0.370 e. The molecule has 0 fully saturated rings. The van der Waals surface area contributed by atoms with E-state index in [0.29, 0.717) is 39.7 Å². The van der Waals surface area contributed by atoms with Crippen LogP contribution in [0.4, 0.5) is 5.69 Å². The molecule has 140 valence electrons. The highest BCUT2D eigenvalue weighted by molar-refractivity contribution is 8.00. The average molecular weight is 416 g/mol. The maximum absolute atomic E-state index is 12.4. The predicted molar refractivity (Wildman–Crippen MR) is 104 cm³/mol. The molecule has 0 aliphatic heterocycles. The number of nitrogens with two attached hydrogens (primary N) is 1. The lowest BCUT2D eigenvalue weighted by atomic mass is 10.3. The molecular weight excluding hydrogens is 397 g/mol. The average Bonchev–Trinajstić information content (AvgIpc) is 2.93. The summed E-state index contributed by atoms with van der Waals surface area (Å²) in [5.74, 6) is 0.0680. The first-order valence-corrected chi connectivity index (χ1v) is 9.57. The van der Waals surface area contributed by atoms with E-state index in [4.69, 9.17) is 28.9 Å². The SMILES string of the molecule is CCn1c(CCC(N)=O)nnc1S[C@H](C)C(=O)Nc1cc(Cl)cc(Cl)c1. The highest BCUT2D eigenvalue weighted by Crippen LogP contribution is 2.26. The monoisotopic (exact) mass is 415 g/mol. The molecule has 26 heavy (non-hydrogen) atoms. The predicted octanol–water partition coefficient (Wildman–Crippen LogP) is 3.14. The number of rotatable bonds is 8. The fourth-order valence-electron chi connectivity index (χ4n) is 2.23. The first kappa shape index (κ1) is 20.5. The van der Waals surface area contributed by atoms with E-state index in [1.165, 1.54) is 11.8 Å². The second-order valence-electron chi connectivity index (χ2n) is 5.52. The van der Waals surface area contributed by atoms with Crippen LogP contribution in [0, 0.1) is 0 Å². The Kier molecular flexibility index (Phi) is 7.31. The van der Waals surface area contributed by atoms with Crippen LogP contribution in [0.2, 0.25) is 10.0 Å². The molecule has 7 nitrogen and oxygen atoms in total. The minimum atomic E-state index is -0.425. The molecule has 2 rings (SSSR count). The maximum Gasteiger partial charge on any atom is 0.237 e. The van der Waals surface area contributed by atoms with Gasteiger partial charge in [0.05, 0.1) is 5.25 Å². The van der Waals surface area contributed by atoms with Gasteiger partial charge in [-0.2, -0.15) is 0 Å². The molecule has 0 aliphatic rings. The number of carbonyl (C=O) groups excluding carboxylic acids is 2. The molecule has 10 heteroatoms. The number of anilines is 1. The number of nitrogens with zero attached hydrogens (tertiary/aromatic N) is 3. The van der Waals surface area contributed by atoms with Gasteiger partial charge in [0.25, 0.3) is 0 Å². The zero-order valence-corrected chi connectivity index (χ0v) is 16.7. The smallest absolute Gasteiger partial charge is 0.237 e. The second-order valence-corrected chi connectivity index (χ2v) is 7.70. The summed E-state index contributed by atoms with van der Waals surface area (Å²) >= 11 is 13.2. The molecule has 1 aromatic carbocycles. The molecule has 0 saturated carbocycles. The zero-order chi connectivity index (χ0) is 19.3. The van der Waals surface area contributed by atoms with Crippen LogP contribution in [0.15, 0.2) is 23.4 Å². The van der Waals surface area contributed by atoms with E-state index in [1.54, 1.807) is 25.1 Å². The number of aromatic nitrogens is 3. The van der Waals surface area contributed by atoms with Crippen molar-refractivity contribution in [3.05, 3.63) is 34.1 Å². The summed E-state index contributed by atoms with van der Waals surface area (Å²) in [6.07, 6.45) is 0.618. The number of hydrogen-bond donors (Lipinski definition) is 2. The third-order valence-electron chi connectivity index (χ3n) is 3.49. The number of carbonyl (C=O) groups is 2. The van der Waals surface area contributed by atoms with Crippen LogP contribution in [-0.4, -0.2) is 31.8 Å². The normalized spacial score (nSPS) is 12.0. The molecular formula is C16H19Cl2N5O2S. The van der Waals surface area contributed by atoms with Crippen molar-refractivity contribution >= 4 is 52.5 Å². The second kappa shape index (κ2) is 9.25. The molecule has 1 heterocycles. The van der Waals surface area contributed by atoms with Crippen molar-refractivity contribution in [2.45, 2.75) is 43.6 Å². The van der Waals surface area contributed by atoms with Gasteiger partial charge < -0.3 is 15.6 Å². The van der Waals surface area contributed by atoms with E-state index in [2.05, 4.69) is 15.5 Å². The molecule has 1 atom stereocenters. The van der Waals surface area contributed by atoms with Gasteiger partial charge in [0.15, 0.2) is 5.16 Å². The standard InChI is InChI=1S/C16H19Cl2N5O2S/c1-3-23-14(5-4-13(19)24)21-22-16(23)26-9(2)15(25)20-12-7-10(17)6-11(18)8-12/h6-9H,3-5H2,1-2H3,(H2,19,24)(H,20,25)/t9-/m1/s1. The van der Waals surface area contributed by atoms with Crippen molar-refractivity contribution in [2.24, 2.45) is 5.73 Å². The number of primary amides is 1. The fraction of sp³-hybridized carbons (Fsp3) is 0.375. The van der Waals surface area contributed by atoms with Crippen LogP contribution < -0.4 is 11.1 Å². The summed E-state index contributed by atoms with van der Waals surface area (Å²) < 4.78 is 1.87. The first-order valence-electron chi connectivity index (χ1n) is 7.94. The molecule has 0 radical (unpaired) electrons. The molecule has 2 amide bonds. The Morgan fingerprint density at radius 1 is 1.27 bits per heavy atom. The summed E-state index contributed by atoms with van der Waals surface area (Å²) in [4.78, 5) is 23.4. The van der Waals surface area contributed by atoms with E-state index in [9.17, 15) is 9.59 Å². The molecule has 0 spiro atoms. The minimum Gasteiger partial charge on any atom is -0.370 e. The van der Waals surface area contributed by atoms with Crippen LogP contribution in [0.5, 0.6) is 0 Å². The van der Waals surface area contributed by atoms with E-state index in [0.717, 1.165) is 0 Å². The topological polar surface area (TPSA) is 103 Å². The quantitative estimate of drug-likeness (QED) is 0.644. The van der Waals surface area contributed by atoms with Gasteiger partial charge >= 0.3 is 0 Å². The summed E-state index contributed by atoms with van der Waals surface area (Å²) in [5.41, 5.74) is 5.71. The Bertz CT molecular complexity index is 792. The minimum absolute atomic E-state index is 0.203. The van der Waals surface area contributed by atoms with E-state index in [-0.39, 0.29) is 12.3 Å².